The quantitative estimate of drug-likeness (QED) is 0.789. The van der Waals surface area contributed by atoms with Crippen LogP contribution in [0.15, 0.2) is 36.7 Å². The lowest BCUT2D eigenvalue weighted by molar-refractivity contribution is -0.685. The zero-order valence-electron chi connectivity index (χ0n) is 13.9. The molecule has 1 N–H and O–H groups in total. The third-order valence-corrected chi connectivity index (χ3v) is 3.39. The molecule has 0 aliphatic carbocycles. The van der Waals surface area contributed by atoms with Gasteiger partial charge in [-0.2, -0.15) is 4.57 Å². The fraction of sp³-hybridized carbons (Fsp3) is 0.222. The number of pyridine rings is 1. The molecule has 1 aromatic heterocycles. The van der Waals surface area contributed by atoms with Crippen molar-refractivity contribution in [2.45, 2.75) is 6.54 Å². The Bertz CT molecular complexity index is 713. The van der Waals surface area contributed by atoms with Gasteiger partial charge in [0, 0.05) is 12.1 Å². The van der Waals surface area contributed by atoms with E-state index in [-0.39, 0.29) is 6.54 Å². The summed E-state index contributed by atoms with van der Waals surface area (Å²) in [5, 5.41) is 8.76. The summed E-state index contributed by atoms with van der Waals surface area (Å²) in [5.74, 6) is 0.847. The monoisotopic (exact) mass is 330 g/mol. The van der Waals surface area contributed by atoms with Crippen LogP contribution in [-0.2, 0) is 11.3 Å². The van der Waals surface area contributed by atoms with Crippen LogP contribution in [0.3, 0.4) is 0 Å². The Hall–Kier alpha value is -3.02. The summed E-state index contributed by atoms with van der Waals surface area (Å²) in [6, 6.07) is 7.39. The molecule has 6 heteroatoms. The van der Waals surface area contributed by atoms with E-state index >= 15 is 0 Å². The minimum absolute atomic E-state index is 0.0587. The topological polar surface area (TPSA) is 68.9 Å². The van der Waals surface area contributed by atoms with E-state index in [0.29, 0.717) is 17.2 Å². The maximum absolute atomic E-state index is 10.7. The summed E-state index contributed by atoms with van der Waals surface area (Å²) in [6.07, 6.45) is 7.29. The Balaban J connectivity index is 2.23. The number of carboxylic acid groups (broad SMARTS) is 1. The van der Waals surface area contributed by atoms with E-state index in [2.05, 4.69) is 0 Å². The standard InChI is InChI=1S/C18H19NO5/c1-22-15-10-14(11-16(23-2)18(15)24-3)5-4-13-6-8-19(9-7-13)12-17(20)21/h4-11H,12H2,1-3H3/p+1/b5-4-. The highest BCUT2D eigenvalue weighted by Crippen LogP contribution is 2.38. The van der Waals surface area contributed by atoms with Crippen LogP contribution in [0.2, 0.25) is 0 Å². The molecule has 1 heterocycles. The molecule has 0 amide bonds. The fourth-order valence-corrected chi connectivity index (χ4v) is 2.23. The molecule has 0 saturated heterocycles. The second-order valence-corrected chi connectivity index (χ2v) is 4.99. The molecule has 24 heavy (non-hydrogen) atoms. The molecule has 6 nitrogen and oxygen atoms in total. The number of carboxylic acids is 1. The molecule has 2 aromatic rings. The van der Waals surface area contributed by atoms with Crippen LogP contribution in [0.25, 0.3) is 12.2 Å². The van der Waals surface area contributed by atoms with Crippen LogP contribution in [0.4, 0.5) is 0 Å². The van der Waals surface area contributed by atoms with Crippen LogP contribution in [-0.4, -0.2) is 32.4 Å². The Morgan fingerprint density at radius 2 is 1.54 bits per heavy atom. The third-order valence-electron chi connectivity index (χ3n) is 3.39. The van der Waals surface area contributed by atoms with Gasteiger partial charge in [0.15, 0.2) is 23.9 Å². The summed E-state index contributed by atoms with van der Waals surface area (Å²) in [4.78, 5) is 10.7. The number of benzene rings is 1. The first kappa shape index (κ1) is 17.3. The van der Waals surface area contributed by atoms with E-state index < -0.39 is 5.97 Å². The number of hydrogen-bond acceptors (Lipinski definition) is 4. The zero-order valence-corrected chi connectivity index (χ0v) is 13.9. The molecule has 0 saturated carbocycles. The van der Waals surface area contributed by atoms with Crippen molar-refractivity contribution in [3.8, 4) is 17.2 Å². The van der Waals surface area contributed by atoms with Crippen molar-refractivity contribution in [3.05, 3.63) is 47.8 Å². The molecular formula is C18H20NO5+. The molecule has 0 spiro atoms. The highest BCUT2D eigenvalue weighted by molar-refractivity contribution is 5.72. The normalized spacial score (nSPS) is 10.6. The first-order chi connectivity index (χ1) is 11.6. The number of hydrogen-bond donors (Lipinski definition) is 1. The molecule has 126 valence electrons. The summed E-state index contributed by atoms with van der Waals surface area (Å²) in [5.41, 5.74) is 1.84. The van der Waals surface area contributed by atoms with Gasteiger partial charge >= 0.3 is 5.97 Å². The smallest absolute Gasteiger partial charge is 0.370 e. The van der Waals surface area contributed by atoms with E-state index in [4.69, 9.17) is 19.3 Å². The second kappa shape index (κ2) is 8.01. The van der Waals surface area contributed by atoms with Gasteiger partial charge in [-0.1, -0.05) is 12.2 Å². The summed E-state index contributed by atoms with van der Waals surface area (Å²) in [6.45, 7) is -0.0587. The van der Waals surface area contributed by atoms with Crippen LogP contribution >= 0.6 is 0 Å². The van der Waals surface area contributed by atoms with E-state index in [0.717, 1.165) is 11.1 Å². The van der Waals surface area contributed by atoms with Gasteiger partial charge in [-0.05, 0) is 23.3 Å². The number of ether oxygens (including phenoxy) is 3. The Labute approximate surface area is 140 Å². The number of rotatable bonds is 7. The molecule has 2 rings (SSSR count). The van der Waals surface area contributed by atoms with Gasteiger partial charge in [0.2, 0.25) is 12.3 Å². The lowest BCUT2D eigenvalue weighted by atomic mass is 10.1. The largest absolute Gasteiger partial charge is 0.493 e. The lowest BCUT2D eigenvalue weighted by Crippen LogP contribution is -2.36. The SMILES string of the molecule is COc1cc(/C=C\c2cc[n+](CC(=O)O)cc2)cc(OC)c1OC. The first-order valence-corrected chi connectivity index (χ1v) is 7.26. The van der Waals surface area contributed by atoms with Crippen LogP contribution in [0, 0.1) is 0 Å². The number of nitrogens with zero attached hydrogens (tertiary/aromatic N) is 1. The molecular weight excluding hydrogens is 310 g/mol. The number of methoxy groups -OCH3 is 3. The molecule has 0 atom stereocenters. The summed E-state index contributed by atoms with van der Waals surface area (Å²) >= 11 is 0. The minimum Gasteiger partial charge on any atom is -0.493 e. The van der Waals surface area contributed by atoms with Crippen molar-refractivity contribution >= 4 is 18.1 Å². The van der Waals surface area contributed by atoms with Crippen molar-refractivity contribution in [1.29, 1.82) is 0 Å². The van der Waals surface area contributed by atoms with Gasteiger partial charge in [0.1, 0.15) is 0 Å². The molecule has 0 bridgehead atoms. The minimum atomic E-state index is -0.874. The van der Waals surface area contributed by atoms with Gasteiger partial charge in [0.05, 0.1) is 21.3 Å². The number of aliphatic carboxylic acids is 1. The van der Waals surface area contributed by atoms with Gasteiger partial charge < -0.3 is 19.3 Å². The van der Waals surface area contributed by atoms with Gasteiger partial charge in [-0.3, -0.25) is 0 Å². The number of aromatic nitrogens is 1. The van der Waals surface area contributed by atoms with Crippen LogP contribution in [0.5, 0.6) is 17.2 Å². The molecule has 0 radical (unpaired) electrons. The van der Waals surface area contributed by atoms with Gasteiger partial charge in [-0.25, -0.2) is 4.79 Å². The van der Waals surface area contributed by atoms with Crippen LogP contribution in [0.1, 0.15) is 11.1 Å². The van der Waals surface area contributed by atoms with Crippen molar-refractivity contribution in [2.24, 2.45) is 0 Å². The zero-order chi connectivity index (χ0) is 17.5. The molecule has 1 aromatic carbocycles. The maximum Gasteiger partial charge on any atom is 0.370 e. The van der Waals surface area contributed by atoms with Gasteiger partial charge in [-0.15, -0.1) is 0 Å². The fourth-order valence-electron chi connectivity index (χ4n) is 2.23. The predicted molar refractivity (Wildman–Crippen MR) is 89.3 cm³/mol. The summed E-state index contributed by atoms with van der Waals surface area (Å²) in [7, 11) is 4.71. The van der Waals surface area contributed by atoms with E-state index in [1.165, 1.54) is 0 Å². The predicted octanol–water partition coefficient (Wildman–Crippen LogP) is 2.25. The second-order valence-electron chi connectivity index (χ2n) is 4.99. The van der Waals surface area contributed by atoms with Gasteiger partial charge in [0.25, 0.3) is 0 Å². The van der Waals surface area contributed by atoms with Crippen LogP contribution < -0.4 is 18.8 Å². The van der Waals surface area contributed by atoms with Crippen molar-refractivity contribution in [1.82, 2.24) is 0 Å². The Morgan fingerprint density at radius 1 is 1.00 bits per heavy atom. The molecule has 0 unspecified atom stereocenters. The Kier molecular flexibility index (Phi) is 5.78. The van der Waals surface area contributed by atoms with E-state index in [1.807, 2.05) is 36.4 Å². The van der Waals surface area contributed by atoms with E-state index in [1.54, 1.807) is 38.3 Å². The molecule has 0 aliphatic rings. The number of carbonyl (C=O) groups is 1. The average Bonchev–Trinajstić information content (AvgIpc) is 2.59. The third kappa shape index (κ3) is 4.25. The Morgan fingerprint density at radius 3 is 2.00 bits per heavy atom. The average molecular weight is 330 g/mol. The molecule has 0 fully saturated rings. The lowest BCUT2D eigenvalue weighted by Gasteiger charge is -2.12. The van der Waals surface area contributed by atoms with Crippen molar-refractivity contribution < 1.29 is 28.7 Å². The highest BCUT2D eigenvalue weighted by Gasteiger charge is 2.12. The van der Waals surface area contributed by atoms with E-state index in [9.17, 15) is 4.79 Å². The van der Waals surface area contributed by atoms with Crippen molar-refractivity contribution in [3.63, 3.8) is 0 Å². The maximum atomic E-state index is 10.7. The highest BCUT2D eigenvalue weighted by atomic mass is 16.5. The van der Waals surface area contributed by atoms with Crippen molar-refractivity contribution in [2.75, 3.05) is 21.3 Å². The molecule has 0 aliphatic heterocycles. The first-order valence-electron chi connectivity index (χ1n) is 7.26. The summed E-state index contributed by atoms with van der Waals surface area (Å²) < 4.78 is 17.5.